The first-order chi connectivity index (χ1) is 11.3. The van der Waals surface area contributed by atoms with Gasteiger partial charge in [-0.15, -0.1) is 0 Å². The molecule has 1 rings (SSSR count). The van der Waals surface area contributed by atoms with Crippen molar-refractivity contribution >= 4 is 11.9 Å². The second kappa shape index (κ2) is 9.34. The molecule has 0 aliphatic rings. The number of rotatable bonds is 8. The maximum Gasteiger partial charge on any atom is 0.333 e. The van der Waals surface area contributed by atoms with E-state index in [-0.39, 0.29) is 18.7 Å². The summed E-state index contributed by atoms with van der Waals surface area (Å²) in [7, 11) is 2.83. The Balaban J connectivity index is 3.35. The Morgan fingerprint density at radius 3 is 2.38 bits per heavy atom. The first-order valence-corrected chi connectivity index (χ1v) is 7.61. The number of hydrogen-bond acceptors (Lipinski definition) is 5. The lowest BCUT2D eigenvalue weighted by atomic mass is 10.0. The monoisotopic (exact) mass is 341 g/mol. The van der Waals surface area contributed by atoms with Crippen molar-refractivity contribution in [2.24, 2.45) is 0 Å². The Hall–Kier alpha value is -1.99. The Labute approximate surface area is 141 Å². The van der Waals surface area contributed by atoms with Crippen LogP contribution in [0.15, 0.2) is 18.2 Å². The van der Waals surface area contributed by atoms with Gasteiger partial charge in [-0.25, -0.2) is 9.18 Å². The van der Waals surface area contributed by atoms with Gasteiger partial charge in [-0.3, -0.25) is 4.79 Å². The van der Waals surface area contributed by atoms with Crippen LogP contribution >= 0.6 is 0 Å². The lowest BCUT2D eigenvalue weighted by Gasteiger charge is -2.32. The highest BCUT2D eigenvalue weighted by Crippen LogP contribution is 2.27. The number of aryl methyl sites for hydroxylation is 1. The molecule has 1 amide bonds. The van der Waals surface area contributed by atoms with Gasteiger partial charge in [0.2, 0.25) is 5.91 Å². The Bertz CT molecular complexity index is 574. The van der Waals surface area contributed by atoms with Gasteiger partial charge < -0.3 is 19.1 Å². The van der Waals surface area contributed by atoms with Crippen LogP contribution in [0.3, 0.4) is 0 Å². The molecule has 0 bridgehead atoms. The second-order valence-electron chi connectivity index (χ2n) is 5.25. The highest BCUT2D eigenvalue weighted by atomic mass is 19.1. The summed E-state index contributed by atoms with van der Waals surface area (Å²) in [5, 5.41) is 0. The number of hydrogen-bond donors (Lipinski definition) is 0. The summed E-state index contributed by atoms with van der Waals surface area (Å²) in [6.07, 6.45) is -0.751. The third-order valence-electron chi connectivity index (χ3n) is 3.54. The molecule has 1 unspecified atom stereocenters. The van der Waals surface area contributed by atoms with Crippen LogP contribution < -0.4 is 0 Å². The van der Waals surface area contributed by atoms with E-state index in [4.69, 9.17) is 14.2 Å². The number of carbonyl (C=O) groups is 2. The molecular formula is C17H24FNO5. The molecule has 1 atom stereocenters. The predicted molar refractivity (Wildman–Crippen MR) is 85.7 cm³/mol. The summed E-state index contributed by atoms with van der Waals surface area (Å²) >= 11 is 0. The number of carbonyl (C=O) groups excluding carboxylic acids is 2. The van der Waals surface area contributed by atoms with Gasteiger partial charge in [0.25, 0.3) is 0 Å². The summed E-state index contributed by atoms with van der Waals surface area (Å²) in [5.41, 5.74) is 0.842. The third-order valence-corrected chi connectivity index (χ3v) is 3.54. The van der Waals surface area contributed by atoms with Crippen molar-refractivity contribution < 1.29 is 28.2 Å². The minimum Gasteiger partial charge on any atom is -0.464 e. The number of esters is 1. The van der Waals surface area contributed by atoms with Crippen LogP contribution in [0.1, 0.15) is 31.0 Å². The number of nitrogens with zero attached hydrogens (tertiary/aromatic N) is 1. The van der Waals surface area contributed by atoms with E-state index >= 15 is 0 Å². The van der Waals surface area contributed by atoms with Crippen LogP contribution in [0.25, 0.3) is 0 Å². The molecule has 0 saturated heterocycles. The van der Waals surface area contributed by atoms with Crippen molar-refractivity contribution in [3.63, 3.8) is 0 Å². The number of halogens is 1. The van der Waals surface area contributed by atoms with Crippen LogP contribution in [0.2, 0.25) is 0 Å². The van der Waals surface area contributed by atoms with E-state index in [1.165, 1.54) is 38.2 Å². The highest BCUT2D eigenvalue weighted by molar-refractivity contribution is 5.84. The molecular weight excluding hydrogens is 317 g/mol. The predicted octanol–water partition coefficient (Wildman–Crippen LogP) is 2.21. The van der Waals surface area contributed by atoms with Crippen molar-refractivity contribution in [1.29, 1.82) is 0 Å². The Morgan fingerprint density at radius 1 is 1.25 bits per heavy atom. The fourth-order valence-corrected chi connectivity index (χ4v) is 2.34. The van der Waals surface area contributed by atoms with E-state index in [1.807, 2.05) is 0 Å². The van der Waals surface area contributed by atoms with Crippen molar-refractivity contribution in [2.75, 3.05) is 27.4 Å². The van der Waals surface area contributed by atoms with Gasteiger partial charge >= 0.3 is 5.97 Å². The van der Waals surface area contributed by atoms with Gasteiger partial charge in [-0.05, 0) is 19.9 Å². The zero-order chi connectivity index (χ0) is 18.3. The van der Waals surface area contributed by atoms with Crippen molar-refractivity contribution in [1.82, 2.24) is 4.90 Å². The lowest BCUT2D eigenvalue weighted by Crippen LogP contribution is -2.44. The Kier molecular flexibility index (Phi) is 7.81. The molecule has 0 aliphatic carbocycles. The van der Waals surface area contributed by atoms with Gasteiger partial charge in [0.15, 0.2) is 12.3 Å². The minimum atomic E-state index is -1.21. The van der Waals surface area contributed by atoms with Crippen LogP contribution in [-0.4, -0.2) is 50.4 Å². The molecule has 134 valence electrons. The molecule has 0 radical (unpaired) electrons. The van der Waals surface area contributed by atoms with E-state index in [2.05, 4.69) is 0 Å². The van der Waals surface area contributed by atoms with Crippen LogP contribution in [0.5, 0.6) is 0 Å². The van der Waals surface area contributed by atoms with Gasteiger partial charge in [0.1, 0.15) is 5.82 Å². The average Bonchev–Trinajstić information content (AvgIpc) is 2.54. The number of methoxy groups -OCH3 is 2. The SMILES string of the molecule is CCOC(=O)C(c1cc(C)ccc1F)N(CC(OC)OC)C(C)=O. The number of amides is 1. The first kappa shape index (κ1) is 20.1. The van der Waals surface area contributed by atoms with E-state index in [9.17, 15) is 14.0 Å². The van der Waals surface area contributed by atoms with E-state index in [0.717, 1.165) is 5.56 Å². The molecule has 0 aromatic heterocycles. The number of benzene rings is 1. The van der Waals surface area contributed by atoms with Gasteiger partial charge in [0, 0.05) is 26.7 Å². The molecule has 0 aliphatic heterocycles. The molecule has 0 spiro atoms. The summed E-state index contributed by atoms with van der Waals surface area (Å²) in [5.74, 6) is -1.72. The van der Waals surface area contributed by atoms with E-state index < -0.39 is 30.0 Å². The van der Waals surface area contributed by atoms with Crippen molar-refractivity contribution in [3.05, 3.63) is 35.1 Å². The normalized spacial score (nSPS) is 12.1. The molecule has 0 saturated carbocycles. The van der Waals surface area contributed by atoms with E-state index in [1.54, 1.807) is 19.9 Å². The average molecular weight is 341 g/mol. The van der Waals surface area contributed by atoms with Gasteiger partial charge in [-0.1, -0.05) is 17.7 Å². The molecule has 6 nitrogen and oxygen atoms in total. The molecule has 1 aromatic carbocycles. The second-order valence-corrected chi connectivity index (χ2v) is 5.25. The largest absolute Gasteiger partial charge is 0.464 e. The van der Waals surface area contributed by atoms with Gasteiger partial charge in [-0.2, -0.15) is 0 Å². The molecule has 24 heavy (non-hydrogen) atoms. The summed E-state index contributed by atoms with van der Waals surface area (Å²) in [4.78, 5) is 25.8. The van der Waals surface area contributed by atoms with E-state index in [0.29, 0.717) is 0 Å². The molecule has 1 aromatic rings. The standard InChI is InChI=1S/C17H24FNO5/c1-6-24-17(21)16(13-9-11(2)7-8-14(13)18)19(12(3)20)10-15(22-4)23-5/h7-9,15-16H,6,10H2,1-5H3. The van der Waals surface area contributed by atoms with Crippen LogP contribution in [-0.2, 0) is 23.8 Å². The smallest absolute Gasteiger partial charge is 0.333 e. The van der Waals surface area contributed by atoms with Crippen molar-refractivity contribution in [3.8, 4) is 0 Å². The fraction of sp³-hybridized carbons (Fsp3) is 0.529. The highest BCUT2D eigenvalue weighted by Gasteiger charge is 2.34. The van der Waals surface area contributed by atoms with Crippen LogP contribution in [0.4, 0.5) is 4.39 Å². The zero-order valence-corrected chi connectivity index (χ0v) is 14.7. The number of ether oxygens (including phenoxy) is 3. The topological polar surface area (TPSA) is 65.1 Å². The third kappa shape index (κ3) is 5.01. The molecule has 0 heterocycles. The maximum absolute atomic E-state index is 14.3. The summed E-state index contributed by atoms with van der Waals surface area (Å²) in [6.45, 7) is 4.79. The lowest BCUT2D eigenvalue weighted by molar-refractivity contribution is -0.163. The van der Waals surface area contributed by atoms with Crippen LogP contribution in [0, 0.1) is 12.7 Å². The zero-order valence-electron chi connectivity index (χ0n) is 14.7. The molecule has 0 fully saturated rings. The first-order valence-electron chi connectivity index (χ1n) is 7.61. The Morgan fingerprint density at radius 2 is 1.88 bits per heavy atom. The van der Waals surface area contributed by atoms with Gasteiger partial charge in [0.05, 0.1) is 13.2 Å². The summed E-state index contributed by atoms with van der Waals surface area (Å²) < 4.78 is 29.6. The fourth-order valence-electron chi connectivity index (χ4n) is 2.34. The maximum atomic E-state index is 14.3. The molecule has 7 heteroatoms. The molecule has 0 N–H and O–H groups in total. The quantitative estimate of drug-likeness (QED) is 0.536. The summed E-state index contributed by atoms with van der Waals surface area (Å²) in [6, 6.07) is 3.17. The van der Waals surface area contributed by atoms with Crippen molar-refractivity contribution in [2.45, 2.75) is 33.1 Å². The minimum absolute atomic E-state index is 0.0425.